The van der Waals surface area contributed by atoms with Crippen LogP contribution in [0.15, 0.2) is 12.7 Å². The molecule has 0 heterocycles. The Kier molecular flexibility index (Phi) is 9.77. The highest BCUT2D eigenvalue weighted by Gasteiger charge is 2.24. The average molecular weight is 283 g/mol. The van der Waals surface area contributed by atoms with Crippen LogP contribution in [-0.4, -0.2) is 36.0 Å². The van der Waals surface area contributed by atoms with Crippen LogP contribution >= 0.6 is 0 Å². The van der Waals surface area contributed by atoms with Crippen molar-refractivity contribution in [2.24, 2.45) is 5.92 Å². The molecule has 20 heavy (non-hydrogen) atoms. The van der Waals surface area contributed by atoms with Gasteiger partial charge in [0.05, 0.1) is 6.61 Å². The van der Waals surface area contributed by atoms with Crippen LogP contribution in [0, 0.1) is 5.92 Å². The molecule has 1 amide bonds. The summed E-state index contributed by atoms with van der Waals surface area (Å²) in [6, 6.07) is -0.561. The lowest BCUT2D eigenvalue weighted by molar-refractivity contribution is -0.154. The van der Waals surface area contributed by atoms with E-state index >= 15 is 0 Å². The molecule has 0 saturated heterocycles. The van der Waals surface area contributed by atoms with Crippen LogP contribution < -0.4 is 0 Å². The molecule has 0 spiro atoms. The summed E-state index contributed by atoms with van der Waals surface area (Å²) >= 11 is 0. The lowest BCUT2D eigenvalue weighted by atomic mass is 10.0. The van der Waals surface area contributed by atoms with E-state index in [4.69, 9.17) is 4.74 Å². The molecule has 0 aromatic rings. The summed E-state index contributed by atoms with van der Waals surface area (Å²) < 4.78 is 5.36. The fraction of sp³-hybridized carbons (Fsp3) is 0.750. The summed E-state index contributed by atoms with van der Waals surface area (Å²) in [5.74, 6) is -0.164. The van der Waals surface area contributed by atoms with Gasteiger partial charge < -0.3 is 9.64 Å². The molecule has 4 heteroatoms. The van der Waals surface area contributed by atoms with Crippen LogP contribution in [0.1, 0.15) is 53.4 Å². The molecule has 2 atom stereocenters. The summed E-state index contributed by atoms with van der Waals surface area (Å²) in [5.41, 5.74) is 0. The molecule has 0 rings (SSSR count). The molecule has 0 bridgehead atoms. The van der Waals surface area contributed by atoms with Crippen molar-refractivity contribution in [3.05, 3.63) is 12.7 Å². The summed E-state index contributed by atoms with van der Waals surface area (Å²) in [5, 5.41) is 0. The molecule has 0 aliphatic heterocycles. The minimum Gasteiger partial charge on any atom is -0.464 e. The van der Waals surface area contributed by atoms with Crippen LogP contribution in [0.3, 0.4) is 0 Å². The zero-order valence-electron chi connectivity index (χ0n) is 13.4. The Morgan fingerprint density at radius 3 is 2.40 bits per heavy atom. The fourth-order valence-corrected chi connectivity index (χ4v) is 2.08. The van der Waals surface area contributed by atoms with Gasteiger partial charge in [-0.05, 0) is 32.3 Å². The topological polar surface area (TPSA) is 46.6 Å². The SMILES string of the molecule is C=CC(=O)N(CC)C(C)C(=O)OCC(CC)CCCC. The predicted molar refractivity (Wildman–Crippen MR) is 81.3 cm³/mol. The van der Waals surface area contributed by atoms with E-state index in [0.717, 1.165) is 25.7 Å². The predicted octanol–water partition coefficient (Wildman–Crippen LogP) is 3.17. The summed E-state index contributed by atoms with van der Waals surface area (Å²) in [6.45, 7) is 12.2. The molecule has 0 aliphatic carbocycles. The monoisotopic (exact) mass is 283 g/mol. The Bertz CT molecular complexity index is 315. The second-order valence-electron chi connectivity index (χ2n) is 5.05. The molecule has 0 N–H and O–H groups in total. The molecule has 0 aliphatic rings. The van der Waals surface area contributed by atoms with Gasteiger partial charge in [0, 0.05) is 6.54 Å². The lowest BCUT2D eigenvalue weighted by Gasteiger charge is -2.26. The summed E-state index contributed by atoms with van der Waals surface area (Å²) in [4.78, 5) is 25.1. The zero-order chi connectivity index (χ0) is 15.5. The first-order chi connectivity index (χ1) is 9.51. The minimum atomic E-state index is -0.561. The highest BCUT2D eigenvalue weighted by Crippen LogP contribution is 2.14. The normalized spacial score (nSPS) is 13.4. The van der Waals surface area contributed by atoms with Gasteiger partial charge >= 0.3 is 5.97 Å². The fourth-order valence-electron chi connectivity index (χ4n) is 2.08. The Hall–Kier alpha value is -1.32. The summed E-state index contributed by atoms with van der Waals surface area (Å²) in [6.07, 6.45) is 5.62. The van der Waals surface area contributed by atoms with E-state index in [9.17, 15) is 9.59 Å². The number of esters is 1. The Morgan fingerprint density at radius 2 is 1.95 bits per heavy atom. The van der Waals surface area contributed by atoms with Crippen molar-refractivity contribution in [1.82, 2.24) is 4.90 Å². The first-order valence-electron chi connectivity index (χ1n) is 7.61. The maximum Gasteiger partial charge on any atom is 0.328 e. The molecular formula is C16H29NO3. The smallest absolute Gasteiger partial charge is 0.328 e. The van der Waals surface area contributed by atoms with Gasteiger partial charge in [0.1, 0.15) is 6.04 Å². The van der Waals surface area contributed by atoms with E-state index in [1.54, 1.807) is 6.92 Å². The first kappa shape index (κ1) is 18.7. The van der Waals surface area contributed by atoms with Crippen LogP contribution in [-0.2, 0) is 14.3 Å². The highest BCUT2D eigenvalue weighted by atomic mass is 16.5. The largest absolute Gasteiger partial charge is 0.464 e. The second-order valence-corrected chi connectivity index (χ2v) is 5.05. The first-order valence-corrected chi connectivity index (χ1v) is 7.61. The number of hydrogen-bond acceptors (Lipinski definition) is 3. The third kappa shape index (κ3) is 6.22. The number of hydrogen-bond donors (Lipinski definition) is 0. The van der Waals surface area contributed by atoms with Gasteiger partial charge in [-0.25, -0.2) is 4.79 Å². The highest BCUT2D eigenvalue weighted by molar-refractivity contribution is 5.90. The van der Waals surface area contributed by atoms with Gasteiger partial charge in [-0.15, -0.1) is 0 Å². The van der Waals surface area contributed by atoms with Crippen molar-refractivity contribution in [2.45, 2.75) is 59.4 Å². The quantitative estimate of drug-likeness (QED) is 0.457. The number of likely N-dealkylation sites (N-methyl/N-ethyl adjacent to an activating group) is 1. The molecule has 0 fully saturated rings. The van der Waals surface area contributed by atoms with E-state index in [1.807, 2.05) is 6.92 Å². The minimum absolute atomic E-state index is 0.241. The average Bonchev–Trinajstić information content (AvgIpc) is 2.47. The number of carbonyl (C=O) groups excluding carboxylic acids is 2. The van der Waals surface area contributed by atoms with E-state index in [0.29, 0.717) is 19.1 Å². The van der Waals surface area contributed by atoms with Crippen molar-refractivity contribution in [3.8, 4) is 0 Å². The zero-order valence-corrected chi connectivity index (χ0v) is 13.4. The molecule has 0 aromatic heterocycles. The second kappa shape index (κ2) is 10.5. The van der Waals surface area contributed by atoms with Crippen molar-refractivity contribution >= 4 is 11.9 Å². The Morgan fingerprint density at radius 1 is 1.30 bits per heavy atom. The Labute approximate surface area is 123 Å². The molecule has 0 aromatic carbocycles. The van der Waals surface area contributed by atoms with Crippen molar-refractivity contribution in [1.29, 1.82) is 0 Å². The van der Waals surface area contributed by atoms with Gasteiger partial charge in [-0.2, -0.15) is 0 Å². The maximum atomic E-state index is 12.0. The molecular weight excluding hydrogens is 254 g/mol. The number of unbranched alkanes of at least 4 members (excludes halogenated alkanes) is 1. The third-order valence-corrected chi connectivity index (χ3v) is 3.61. The molecule has 0 saturated carbocycles. The number of amides is 1. The molecule has 2 unspecified atom stereocenters. The molecule has 116 valence electrons. The summed E-state index contributed by atoms with van der Waals surface area (Å²) in [7, 11) is 0. The number of nitrogens with zero attached hydrogens (tertiary/aromatic N) is 1. The van der Waals surface area contributed by atoms with E-state index < -0.39 is 6.04 Å². The number of ether oxygens (including phenoxy) is 1. The maximum absolute atomic E-state index is 12.0. The van der Waals surface area contributed by atoms with Crippen LogP contribution in [0.4, 0.5) is 0 Å². The van der Waals surface area contributed by atoms with Gasteiger partial charge in [0.25, 0.3) is 0 Å². The standard InChI is InChI=1S/C16H29NO3/c1-6-10-11-14(7-2)12-20-16(19)13(5)17(9-4)15(18)8-3/h8,13-14H,3,6-7,9-12H2,1-2,4-5H3. The Balaban J connectivity index is 4.36. The van der Waals surface area contributed by atoms with E-state index in [2.05, 4.69) is 20.4 Å². The van der Waals surface area contributed by atoms with E-state index in [-0.39, 0.29) is 11.9 Å². The van der Waals surface area contributed by atoms with Crippen molar-refractivity contribution in [2.75, 3.05) is 13.2 Å². The van der Waals surface area contributed by atoms with Crippen LogP contribution in [0.25, 0.3) is 0 Å². The lowest BCUT2D eigenvalue weighted by Crippen LogP contribution is -2.43. The van der Waals surface area contributed by atoms with Crippen molar-refractivity contribution in [3.63, 3.8) is 0 Å². The third-order valence-electron chi connectivity index (χ3n) is 3.61. The van der Waals surface area contributed by atoms with Crippen LogP contribution in [0.2, 0.25) is 0 Å². The van der Waals surface area contributed by atoms with Gasteiger partial charge in [-0.1, -0.05) is 39.7 Å². The molecule has 0 radical (unpaired) electrons. The number of carbonyl (C=O) groups is 2. The number of rotatable bonds is 10. The van der Waals surface area contributed by atoms with E-state index in [1.165, 1.54) is 11.0 Å². The van der Waals surface area contributed by atoms with Gasteiger partial charge in [0.15, 0.2) is 0 Å². The molecule has 4 nitrogen and oxygen atoms in total. The van der Waals surface area contributed by atoms with Crippen molar-refractivity contribution < 1.29 is 14.3 Å². The van der Waals surface area contributed by atoms with Gasteiger partial charge in [0.2, 0.25) is 5.91 Å². The van der Waals surface area contributed by atoms with Gasteiger partial charge in [-0.3, -0.25) is 4.79 Å². The van der Waals surface area contributed by atoms with Crippen LogP contribution in [0.5, 0.6) is 0 Å².